The molecule has 3 atom stereocenters. The van der Waals surface area contributed by atoms with Crippen LogP contribution < -0.4 is 20.5 Å². The number of carbonyl (C=O) groups is 1. The van der Waals surface area contributed by atoms with Crippen molar-refractivity contribution in [1.29, 1.82) is 0 Å². The average Bonchev–Trinajstić information content (AvgIpc) is 3.34. The van der Waals surface area contributed by atoms with Crippen molar-refractivity contribution < 1.29 is 23.0 Å². The lowest BCUT2D eigenvalue weighted by Crippen LogP contribution is -2.43. The predicted molar refractivity (Wildman–Crippen MR) is 114 cm³/mol. The topological polar surface area (TPSA) is 111 Å². The molecule has 4 N–H and O–H groups in total. The third-order valence-corrected chi connectivity index (χ3v) is 6.24. The van der Waals surface area contributed by atoms with Crippen LogP contribution in [0.4, 0.5) is 0 Å². The van der Waals surface area contributed by atoms with E-state index < -0.39 is 16.6 Å². The molecule has 1 amide bonds. The van der Waals surface area contributed by atoms with Crippen LogP contribution >= 0.6 is 39.1 Å². The fraction of sp³-hybridized carbons (Fsp3) is 0.278. The maximum absolute atomic E-state index is 11.8. The number of carbonyl (C=O) groups excluding carboxylic acids is 1. The van der Waals surface area contributed by atoms with Gasteiger partial charge in [-0.1, -0.05) is 39.1 Å². The van der Waals surface area contributed by atoms with Gasteiger partial charge in [0.15, 0.2) is 16.8 Å². The maximum Gasteiger partial charge on any atom is 0.240 e. The van der Waals surface area contributed by atoms with E-state index in [0.29, 0.717) is 10.9 Å². The van der Waals surface area contributed by atoms with Crippen LogP contribution in [0.25, 0.3) is 0 Å². The van der Waals surface area contributed by atoms with Gasteiger partial charge in [0.2, 0.25) is 5.91 Å². The minimum atomic E-state index is -2.34. The molecule has 0 aliphatic heterocycles. The lowest BCUT2D eigenvalue weighted by atomic mass is 10.2. The smallest absolute Gasteiger partial charge is 0.240 e. The molecule has 1 aliphatic carbocycles. The zero-order valence-corrected chi connectivity index (χ0v) is 19.0. The van der Waals surface area contributed by atoms with Crippen molar-refractivity contribution in [3.05, 3.63) is 44.8 Å². The van der Waals surface area contributed by atoms with Gasteiger partial charge in [0.05, 0.1) is 16.7 Å². The average molecular weight is 524 g/mol. The summed E-state index contributed by atoms with van der Waals surface area (Å²) >= 11 is 13.3. The second-order valence-electron chi connectivity index (χ2n) is 6.49. The summed E-state index contributed by atoms with van der Waals surface area (Å²) in [6.45, 7) is 0.138. The Kier molecular flexibility index (Phi) is 6.77. The molecule has 2 aromatic carbocycles. The van der Waals surface area contributed by atoms with E-state index in [0.717, 1.165) is 0 Å². The Balaban J connectivity index is 1.76. The molecule has 0 aromatic heterocycles. The number of amides is 1. The molecule has 3 rings (SSSR count). The highest BCUT2D eigenvalue weighted by molar-refractivity contribution is 9.10. The molecule has 11 heteroatoms. The molecule has 1 aliphatic rings. The fourth-order valence-corrected chi connectivity index (χ4v) is 4.61. The minimum absolute atomic E-state index is 0.00933. The van der Waals surface area contributed by atoms with Crippen molar-refractivity contribution in [3.63, 3.8) is 0 Å². The van der Waals surface area contributed by atoms with E-state index in [1.54, 1.807) is 18.2 Å². The van der Waals surface area contributed by atoms with Gasteiger partial charge in [-0.2, -0.15) is 0 Å². The molecule has 0 heterocycles. The Morgan fingerprint density at radius 3 is 2.62 bits per heavy atom. The standard InChI is InChI=1S/C18H17BrCl2N2O5S/c1-23-17(24)18(22)7-9(18)8-27-14-3-2-11(6-15(14)29(25)26)28-16-12(20)4-10(19)5-13(16)21/h2-6,9H,7-8,22H2,1H3,(H,23,24)(H,25,26). The van der Waals surface area contributed by atoms with Gasteiger partial charge in [-0.15, -0.1) is 0 Å². The van der Waals surface area contributed by atoms with Gasteiger partial charge in [0, 0.05) is 23.5 Å². The van der Waals surface area contributed by atoms with Crippen LogP contribution in [0.2, 0.25) is 10.0 Å². The lowest BCUT2D eigenvalue weighted by molar-refractivity contribution is -0.123. The quantitative estimate of drug-likeness (QED) is 0.473. The van der Waals surface area contributed by atoms with Gasteiger partial charge in [-0.3, -0.25) is 4.79 Å². The van der Waals surface area contributed by atoms with Crippen molar-refractivity contribution in [2.45, 2.75) is 16.9 Å². The molecule has 0 spiro atoms. The van der Waals surface area contributed by atoms with Crippen LogP contribution in [-0.2, 0) is 15.9 Å². The second kappa shape index (κ2) is 8.79. The third-order valence-electron chi connectivity index (χ3n) is 4.53. The third kappa shape index (κ3) is 4.87. The van der Waals surface area contributed by atoms with Crippen molar-refractivity contribution in [3.8, 4) is 17.2 Å². The van der Waals surface area contributed by atoms with Gasteiger partial charge in [-0.05, 0) is 30.7 Å². The highest BCUT2D eigenvalue weighted by Gasteiger charge is 2.57. The van der Waals surface area contributed by atoms with Gasteiger partial charge < -0.3 is 25.1 Å². The summed E-state index contributed by atoms with van der Waals surface area (Å²) in [5.74, 6) is 0.224. The Hall–Kier alpha value is -1.36. The molecular weight excluding hydrogens is 507 g/mol. The summed E-state index contributed by atoms with van der Waals surface area (Å²) in [6, 6.07) is 7.65. The number of nitrogens with two attached hydrogens (primary N) is 1. The number of hydrogen-bond donors (Lipinski definition) is 3. The molecule has 0 radical (unpaired) electrons. The molecule has 3 unspecified atom stereocenters. The number of benzene rings is 2. The number of hydrogen-bond acceptors (Lipinski definition) is 5. The molecule has 1 saturated carbocycles. The summed E-state index contributed by atoms with van der Waals surface area (Å²) in [7, 11) is 1.52. The molecule has 156 valence electrons. The summed E-state index contributed by atoms with van der Waals surface area (Å²) < 4.78 is 33.5. The van der Waals surface area contributed by atoms with Gasteiger partial charge in [0.25, 0.3) is 0 Å². The first-order valence-corrected chi connectivity index (χ1v) is 11.0. The first-order valence-electron chi connectivity index (χ1n) is 8.37. The first-order chi connectivity index (χ1) is 13.7. The molecular formula is C18H17BrCl2N2O5S. The lowest BCUT2D eigenvalue weighted by Gasteiger charge is -2.14. The number of likely N-dealkylation sites (N-methyl/N-ethyl adjacent to an activating group) is 1. The molecule has 0 bridgehead atoms. The highest BCUT2D eigenvalue weighted by atomic mass is 79.9. The van der Waals surface area contributed by atoms with Crippen LogP contribution in [-0.4, -0.2) is 33.9 Å². The van der Waals surface area contributed by atoms with Crippen LogP contribution in [0.15, 0.2) is 39.7 Å². The first kappa shape index (κ1) is 22.3. The molecule has 29 heavy (non-hydrogen) atoms. The predicted octanol–water partition coefficient (Wildman–Crippen LogP) is 3.97. The van der Waals surface area contributed by atoms with E-state index in [9.17, 15) is 13.6 Å². The largest absolute Gasteiger partial charge is 0.492 e. The summed E-state index contributed by atoms with van der Waals surface area (Å²) in [4.78, 5) is 11.8. The van der Waals surface area contributed by atoms with E-state index in [1.165, 1.54) is 19.2 Å². The number of rotatable bonds is 7. The Bertz CT molecular complexity index is 970. The monoisotopic (exact) mass is 522 g/mol. The summed E-state index contributed by atoms with van der Waals surface area (Å²) in [5, 5.41) is 3.07. The maximum atomic E-state index is 11.8. The van der Waals surface area contributed by atoms with E-state index in [4.69, 9.17) is 38.4 Å². The SMILES string of the molecule is CNC(=O)C1(N)CC1COc1ccc(Oc2c(Cl)cc(Br)cc2Cl)cc1S(=O)O. The van der Waals surface area contributed by atoms with Crippen molar-refractivity contribution in [2.24, 2.45) is 11.7 Å². The zero-order valence-electron chi connectivity index (χ0n) is 15.1. The van der Waals surface area contributed by atoms with E-state index in [-0.39, 0.29) is 50.6 Å². The van der Waals surface area contributed by atoms with E-state index in [2.05, 4.69) is 21.2 Å². The van der Waals surface area contributed by atoms with E-state index in [1.807, 2.05) is 0 Å². The van der Waals surface area contributed by atoms with Crippen LogP contribution in [0.5, 0.6) is 17.2 Å². The van der Waals surface area contributed by atoms with Crippen LogP contribution in [0, 0.1) is 5.92 Å². The van der Waals surface area contributed by atoms with Crippen molar-refractivity contribution >= 4 is 56.1 Å². The van der Waals surface area contributed by atoms with E-state index >= 15 is 0 Å². The molecule has 0 saturated heterocycles. The molecule has 7 nitrogen and oxygen atoms in total. The second-order valence-corrected chi connectivity index (χ2v) is 9.16. The summed E-state index contributed by atoms with van der Waals surface area (Å²) in [6.07, 6.45) is 0.478. The fourth-order valence-electron chi connectivity index (χ4n) is 2.81. The Labute approximate surface area is 188 Å². The summed E-state index contributed by atoms with van der Waals surface area (Å²) in [5.41, 5.74) is 5.04. The minimum Gasteiger partial charge on any atom is -0.492 e. The Morgan fingerprint density at radius 1 is 1.38 bits per heavy atom. The molecule has 2 aromatic rings. The number of halogens is 3. The van der Waals surface area contributed by atoms with Gasteiger partial charge in [-0.25, -0.2) is 4.21 Å². The number of nitrogens with one attached hydrogen (secondary N) is 1. The highest BCUT2D eigenvalue weighted by Crippen LogP contribution is 2.43. The normalized spacial score (nSPS) is 21.4. The molecule has 1 fully saturated rings. The van der Waals surface area contributed by atoms with Gasteiger partial charge >= 0.3 is 0 Å². The van der Waals surface area contributed by atoms with Gasteiger partial charge in [0.1, 0.15) is 21.9 Å². The van der Waals surface area contributed by atoms with Crippen molar-refractivity contribution in [1.82, 2.24) is 5.32 Å². The van der Waals surface area contributed by atoms with Crippen LogP contribution in [0.1, 0.15) is 6.42 Å². The number of ether oxygens (including phenoxy) is 2. The Morgan fingerprint density at radius 2 is 2.03 bits per heavy atom. The van der Waals surface area contributed by atoms with Crippen molar-refractivity contribution in [2.75, 3.05) is 13.7 Å². The zero-order chi connectivity index (χ0) is 21.3. The van der Waals surface area contributed by atoms with Crippen LogP contribution in [0.3, 0.4) is 0 Å².